The highest BCUT2D eigenvalue weighted by Gasteiger charge is 2.34. The fourth-order valence-corrected chi connectivity index (χ4v) is 5.45. The van der Waals surface area contributed by atoms with Crippen molar-refractivity contribution < 1.29 is 24.1 Å². The third kappa shape index (κ3) is 5.51. The molecule has 3 N–H and O–H groups in total. The summed E-state index contributed by atoms with van der Waals surface area (Å²) in [7, 11) is 6.77. The Labute approximate surface area is 225 Å². The molecule has 2 aromatic carbocycles. The van der Waals surface area contributed by atoms with Crippen LogP contribution in [0.15, 0.2) is 42.0 Å². The highest BCUT2D eigenvalue weighted by molar-refractivity contribution is 6.08. The van der Waals surface area contributed by atoms with E-state index in [0.717, 1.165) is 58.7 Å². The first-order valence-electron chi connectivity index (χ1n) is 13.1. The van der Waals surface area contributed by atoms with Crippen molar-refractivity contribution in [2.75, 3.05) is 48.0 Å². The first kappa shape index (κ1) is 27.5. The number of likely N-dealkylation sites (tertiary alicyclic amines) is 1. The highest BCUT2D eigenvalue weighted by atomic mass is 16.5. The van der Waals surface area contributed by atoms with E-state index in [-0.39, 0.29) is 17.7 Å². The van der Waals surface area contributed by atoms with Gasteiger partial charge in [0.25, 0.3) is 0 Å². The number of phenols is 1. The summed E-state index contributed by atoms with van der Waals surface area (Å²) in [5, 5.41) is 17.0. The number of allylic oxidation sites excluding steroid dienone is 3. The second kappa shape index (κ2) is 11.9. The monoisotopic (exact) mass is 521 g/mol. The molecular formula is C30H39N3O5. The molecule has 1 heterocycles. The van der Waals surface area contributed by atoms with Crippen LogP contribution in [0.4, 0.5) is 0 Å². The van der Waals surface area contributed by atoms with Crippen molar-refractivity contribution in [2.24, 2.45) is 0 Å². The normalized spacial score (nSPS) is 19.0. The van der Waals surface area contributed by atoms with E-state index in [1.54, 1.807) is 7.11 Å². The number of fused-ring (bicyclic) bond motifs is 1. The molecule has 1 fully saturated rings. The topological polar surface area (TPSA) is 92.3 Å². The van der Waals surface area contributed by atoms with Gasteiger partial charge in [-0.15, -0.1) is 0 Å². The Bertz CT molecular complexity index is 1230. The molecule has 0 bridgehead atoms. The van der Waals surface area contributed by atoms with Gasteiger partial charge in [0.05, 0.1) is 21.3 Å². The van der Waals surface area contributed by atoms with Gasteiger partial charge in [-0.05, 0) is 97.6 Å². The lowest BCUT2D eigenvalue weighted by molar-refractivity contribution is -0.122. The standard InChI is InChI=1S/C30H39N3O5/c1-7-31-28(30(35)32-20-12-13-33(3)17-20)27-18(2)22(23-11-9-21(36-4)16-24(23)27)10-8-19-14-25(37-5)29(34)26(15-19)38-6/h9-11,14-16,20,28,31,34H,7-8,12-13,17H2,1-6H3,(H,32,35)/b22-10-. The van der Waals surface area contributed by atoms with Crippen molar-refractivity contribution >= 4 is 17.1 Å². The van der Waals surface area contributed by atoms with Crippen LogP contribution in [0.25, 0.3) is 11.1 Å². The highest BCUT2D eigenvalue weighted by Crippen LogP contribution is 2.45. The zero-order valence-electron chi connectivity index (χ0n) is 23.2. The van der Waals surface area contributed by atoms with Gasteiger partial charge in [0.2, 0.25) is 11.7 Å². The van der Waals surface area contributed by atoms with Crippen LogP contribution >= 0.6 is 0 Å². The lowest BCUT2D eigenvalue weighted by atomic mass is 9.96. The zero-order chi connectivity index (χ0) is 27.4. The van der Waals surface area contributed by atoms with Gasteiger partial charge in [-0.2, -0.15) is 0 Å². The SMILES string of the molecule is CCNC(C(=O)NC1CCN(C)C1)C1=C(C)/C(=C/Cc2cc(OC)c(O)c(OC)c2)c2ccc(OC)cc21. The van der Waals surface area contributed by atoms with Gasteiger partial charge in [0, 0.05) is 12.6 Å². The number of likely N-dealkylation sites (N-methyl/N-ethyl adjacent to an activating group) is 2. The Morgan fingerprint density at radius 1 is 1.13 bits per heavy atom. The van der Waals surface area contributed by atoms with Crippen LogP contribution in [0.1, 0.15) is 37.0 Å². The molecule has 0 saturated carbocycles. The maximum atomic E-state index is 13.6. The van der Waals surface area contributed by atoms with E-state index in [1.165, 1.54) is 14.2 Å². The number of carbonyl (C=O) groups excluding carboxylic acids is 1. The van der Waals surface area contributed by atoms with Crippen LogP contribution in [0.2, 0.25) is 0 Å². The van der Waals surface area contributed by atoms with E-state index in [1.807, 2.05) is 31.2 Å². The second-order valence-electron chi connectivity index (χ2n) is 9.87. The Balaban J connectivity index is 1.73. The smallest absolute Gasteiger partial charge is 0.242 e. The van der Waals surface area contributed by atoms with Crippen molar-refractivity contribution in [1.29, 1.82) is 0 Å². The number of amides is 1. The lowest BCUT2D eigenvalue weighted by Crippen LogP contribution is -2.49. The van der Waals surface area contributed by atoms with E-state index in [4.69, 9.17) is 14.2 Å². The summed E-state index contributed by atoms with van der Waals surface area (Å²) in [6.45, 7) is 6.59. The molecule has 0 aromatic heterocycles. The van der Waals surface area contributed by atoms with Gasteiger partial charge in [-0.3, -0.25) is 4.79 Å². The number of nitrogens with zero attached hydrogens (tertiary/aromatic N) is 1. The summed E-state index contributed by atoms with van der Waals surface area (Å²) in [6.07, 6.45) is 3.70. The van der Waals surface area contributed by atoms with Crippen LogP contribution < -0.4 is 24.8 Å². The molecule has 1 aliphatic carbocycles. The summed E-state index contributed by atoms with van der Waals surface area (Å²) in [5.41, 5.74) is 6.09. The summed E-state index contributed by atoms with van der Waals surface area (Å²) in [4.78, 5) is 15.9. The molecule has 2 atom stereocenters. The third-order valence-electron chi connectivity index (χ3n) is 7.39. The van der Waals surface area contributed by atoms with Crippen molar-refractivity contribution in [2.45, 2.75) is 38.8 Å². The average molecular weight is 522 g/mol. The molecule has 1 saturated heterocycles. The van der Waals surface area contributed by atoms with E-state index < -0.39 is 6.04 Å². The maximum absolute atomic E-state index is 13.6. The van der Waals surface area contributed by atoms with Crippen molar-refractivity contribution in [1.82, 2.24) is 15.5 Å². The number of phenolic OH excluding ortho intramolecular Hbond substituents is 1. The first-order chi connectivity index (χ1) is 18.3. The molecule has 1 aliphatic heterocycles. The Kier molecular flexibility index (Phi) is 8.64. The number of methoxy groups -OCH3 is 3. The van der Waals surface area contributed by atoms with Gasteiger partial charge in [0.15, 0.2) is 11.5 Å². The number of rotatable bonds is 10. The predicted molar refractivity (Wildman–Crippen MR) is 150 cm³/mol. The molecule has 204 valence electrons. The van der Waals surface area contributed by atoms with Gasteiger partial charge in [-0.25, -0.2) is 0 Å². The van der Waals surface area contributed by atoms with Crippen LogP contribution in [0, 0.1) is 0 Å². The number of aromatic hydroxyl groups is 1. The van der Waals surface area contributed by atoms with E-state index in [2.05, 4.69) is 41.6 Å². The van der Waals surface area contributed by atoms with E-state index in [9.17, 15) is 9.90 Å². The predicted octanol–water partition coefficient (Wildman–Crippen LogP) is 3.63. The first-order valence-corrected chi connectivity index (χ1v) is 13.1. The molecule has 8 nitrogen and oxygen atoms in total. The number of benzene rings is 2. The number of ether oxygens (including phenoxy) is 3. The van der Waals surface area contributed by atoms with Crippen LogP contribution in [-0.2, 0) is 11.2 Å². The minimum Gasteiger partial charge on any atom is -0.502 e. The molecule has 4 rings (SSSR count). The molecule has 2 aromatic rings. The second-order valence-corrected chi connectivity index (χ2v) is 9.87. The van der Waals surface area contributed by atoms with Gasteiger partial charge >= 0.3 is 0 Å². The largest absolute Gasteiger partial charge is 0.502 e. The molecule has 2 aliphatic rings. The zero-order valence-corrected chi connectivity index (χ0v) is 23.2. The van der Waals surface area contributed by atoms with Crippen LogP contribution in [-0.4, -0.2) is 76.0 Å². The molecule has 0 radical (unpaired) electrons. The summed E-state index contributed by atoms with van der Waals surface area (Å²) < 4.78 is 16.2. The number of hydrogen-bond acceptors (Lipinski definition) is 7. The number of carbonyl (C=O) groups is 1. The maximum Gasteiger partial charge on any atom is 0.242 e. The Hall–Kier alpha value is -3.49. The molecule has 0 spiro atoms. The van der Waals surface area contributed by atoms with Gasteiger partial charge in [0.1, 0.15) is 11.8 Å². The van der Waals surface area contributed by atoms with Crippen LogP contribution in [0.5, 0.6) is 23.0 Å². The Morgan fingerprint density at radius 2 is 1.84 bits per heavy atom. The molecular weight excluding hydrogens is 482 g/mol. The van der Waals surface area contributed by atoms with Crippen molar-refractivity contribution in [3.8, 4) is 23.0 Å². The average Bonchev–Trinajstić information content (AvgIpc) is 3.45. The Morgan fingerprint density at radius 3 is 2.42 bits per heavy atom. The van der Waals surface area contributed by atoms with E-state index in [0.29, 0.717) is 24.5 Å². The summed E-state index contributed by atoms with van der Waals surface area (Å²) in [6, 6.07) is 9.31. The van der Waals surface area contributed by atoms with Crippen LogP contribution in [0.3, 0.4) is 0 Å². The van der Waals surface area contributed by atoms with Crippen molar-refractivity contribution in [3.05, 3.63) is 58.7 Å². The quantitative estimate of drug-likeness (QED) is 0.440. The summed E-state index contributed by atoms with van der Waals surface area (Å²) in [5.74, 6) is 1.45. The molecule has 8 heteroatoms. The minimum atomic E-state index is -0.489. The third-order valence-corrected chi connectivity index (χ3v) is 7.39. The lowest BCUT2D eigenvalue weighted by Gasteiger charge is -2.23. The fraction of sp³-hybridized carbons (Fsp3) is 0.433. The molecule has 1 amide bonds. The van der Waals surface area contributed by atoms with Gasteiger partial charge < -0.3 is 34.9 Å². The summed E-state index contributed by atoms with van der Waals surface area (Å²) >= 11 is 0. The number of nitrogens with one attached hydrogen (secondary N) is 2. The number of hydrogen-bond donors (Lipinski definition) is 3. The fourth-order valence-electron chi connectivity index (χ4n) is 5.45. The molecule has 2 unspecified atom stereocenters. The van der Waals surface area contributed by atoms with E-state index >= 15 is 0 Å². The van der Waals surface area contributed by atoms with Crippen molar-refractivity contribution in [3.63, 3.8) is 0 Å². The molecule has 38 heavy (non-hydrogen) atoms. The minimum absolute atomic E-state index is 0.00970. The van der Waals surface area contributed by atoms with Gasteiger partial charge in [-0.1, -0.05) is 19.1 Å².